The summed E-state index contributed by atoms with van der Waals surface area (Å²) in [6, 6.07) is 8.36. The number of hydrogen-bond acceptors (Lipinski definition) is 5. The second-order valence-electron chi connectivity index (χ2n) is 3.58. The maximum absolute atomic E-state index is 10.7. The molecule has 0 saturated carbocycles. The molecule has 0 atom stereocenters. The number of nitrogens with zero attached hydrogens (tertiary/aromatic N) is 2. The largest absolute Gasteiger partial charge is 0.497 e. The first-order valence-electron chi connectivity index (χ1n) is 5.28. The lowest BCUT2D eigenvalue weighted by molar-refractivity contribution is 0.0689. The summed E-state index contributed by atoms with van der Waals surface area (Å²) in [5.41, 5.74) is 0.645. The monoisotopic (exact) mass is 323 g/mol. The molecule has 0 aliphatic carbocycles. The smallest absolute Gasteiger partial charge is 0.356 e. The summed E-state index contributed by atoms with van der Waals surface area (Å²) in [5.74, 6) is 0.0291. The van der Waals surface area contributed by atoms with Crippen molar-refractivity contribution >= 4 is 33.4 Å². The molecule has 0 spiro atoms. The van der Waals surface area contributed by atoms with Crippen molar-refractivity contribution in [1.29, 1.82) is 0 Å². The van der Waals surface area contributed by atoms with E-state index in [1.165, 1.54) is 6.07 Å². The maximum Gasteiger partial charge on any atom is 0.356 e. The minimum atomic E-state index is -1.11. The van der Waals surface area contributed by atoms with Crippen LogP contribution in [0.15, 0.2) is 34.8 Å². The number of ether oxygens (including phenoxy) is 1. The quantitative estimate of drug-likeness (QED) is 0.899. The van der Waals surface area contributed by atoms with Gasteiger partial charge in [-0.05, 0) is 40.2 Å². The van der Waals surface area contributed by atoms with Gasteiger partial charge < -0.3 is 15.2 Å². The minimum absolute atomic E-state index is 0.102. The van der Waals surface area contributed by atoms with Gasteiger partial charge in [-0.2, -0.15) is 0 Å². The normalized spacial score (nSPS) is 10.0. The summed E-state index contributed by atoms with van der Waals surface area (Å²) in [4.78, 5) is 10.7. The highest BCUT2D eigenvalue weighted by Crippen LogP contribution is 2.29. The highest BCUT2D eigenvalue weighted by molar-refractivity contribution is 9.10. The molecule has 0 radical (unpaired) electrons. The van der Waals surface area contributed by atoms with Gasteiger partial charge in [0.05, 0.1) is 12.8 Å². The van der Waals surface area contributed by atoms with E-state index in [1.807, 2.05) is 12.1 Å². The molecule has 0 fully saturated rings. The van der Waals surface area contributed by atoms with Crippen LogP contribution in [0.2, 0.25) is 0 Å². The van der Waals surface area contributed by atoms with Crippen molar-refractivity contribution in [3.05, 3.63) is 40.5 Å². The van der Waals surface area contributed by atoms with Crippen LogP contribution >= 0.6 is 15.9 Å². The third-order valence-corrected chi connectivity index (χ3v) is 3.01. The molecule has 2 N–H and O–H groups in total. The molecule has 0 aliphatic rings. The van der Waals surface area contributed by atoms with Crippen molar-refractivity contribution in [3.63, 3.8) is 0 Å². The van der Waals surface area contributed by atoms with Crippen LogP contribution in [0.5, 0.6) is 5.75 Å². The number of carbonyl (C=O) groups is 1. The average Bonchev–Trinajstić information content (AvgIpc) is 2.42. The fraction of sp³-hybridized carbons (Fsp3) is 0.0833. The first-order chi connectivity index (χ1) is 9.10. The summed E-state index contributed by atoms with van der Waals surface area (Å²) in [7, 11) is 1.58. The van der Waals surface area contributed by atoms with Crippen molar-refractivity contribution < 1.29 is 14.6 Å². The van der Waals surface area contributed by atoms with Crippen LogP contribution < -0.4 is 10.1 Å². The van der Waals surface area contributed by atoms with Gasteiger partial charge in [0, 0.05) is 10.5 Å². The fourth-order valence-corrected chi connectivity index (χ4v) is 1.72. The van der Waals surface area contributed by atoms with E-state index in [9.17, 15) is 4.79 Å². The zero-order valence-corrected chi connectivity index (χ0v) is 11.5. The number of aromatic nitrogens is 2. The topological polar surface area (TPSA) is 84.3 Å². The van der Waals surface area contributed by atoms with Crippen LogP contribution in [0.1, 0.15) is 10.5 Å². The number of benzene rings is 1. The Labute approximate surface area is 117 Å². The van der Waals surface area contributed by atoms with Crippen molar-refractivity contribution in [2.75, 3.05) is 12.4 Å². The lowest BCUT2D eigenvalue weighted by atomic mass is 10.3. The Morgan fingerprint density at radius 1 is 1.32 bits per heavy atom. The SMILES string of the molecule is COc1ccc(Br)c(Nc2ccc(C(=O)O)nn2)c1. The molecule has 1 aromatic carbocycles. The lowest BCUT2D eigenvalue weighted by Crippen LogP contribution is -2.03. The molecule has 2 aromatic rings. The Morgan fingerprint density at radius 2 is 2.11 bits per heavy atom. The number of rotatable bonds is 4. The van der Waals surface area contributed by atoms with Gasteiger partial charge in [-0.25, -0.2) is 4.79 Å². The van der Waals surface area contributed by atoms with Gasteiger partial charge in [-0.1, -0.05) is 0 Å². The molecule has 2 rings (SSSR count). The molecule has 0 amide bonds. The van der Waals surface area contributed by atoms with Gasteiger partial charge in [-0.15, -0.1) is 10.2 Å². The fourth-order valence-electron chi connectivity index (χ4n) is 1.38. The number of anilines is 2. The van der Waals surface area contributed by atoms with E-state index in [2.05, 4.69) is 31.4 Å². The van der Waals surface area contributed by atoms with E-state index in [1.54, 1.807) is 19.2 Å². The first kappa shape index (κ1) is 13.3. The second-order valence-corrected chi connectivity index (χ2v) is 4.43. The minimum Gasteiger partial charge on any atom is -0.497 e. The first-order valence-corrected chi connectivity index (χ1v) is 6.07. The van der Waals surface area contributed by atoms with Gasteiger partial charge >= 0.3 is 5.97 Å². The van der Waals surface area contributed by atoms with E-state index in [0.717, 1.165) is 10.2 Å². The molecule has 0 saturated heterocycles. The molecule has 0 bridgehead atoms. The number of methoxy groups -OCH3 is 1. The number of halogens is 1. The summed E-state index contributed by atoms with van der Waals surface area (Å²) in [6.45, 7) is 0. The Hall–Kier alpha value is -2.15. The van der Waals surface area contributed by atoms with E-state index in [4.69, 9.17) is 9.84 Å². The number of hydrogen-bond donors (Lipinski definition) is 2. The van der Waals surface area contributed by atoms with Crippen molar-refractivity contribution in [2.45, 2.75) is 0 Å². The van der Waals surface area contributed by atoms with Crippen LogP contribution in [0, 0.1) is 0 Å². The predicted octanol–water partition coefficient (Wildman–Crippen LogP) is 2.69. The van der Waals surface area contributed by atoms with Crippen LogP contribution in [0.4, 0.5) is 11.5 Å². The average molecular weight is 324 g/mol. The Kier molecular flexibility index (Phi) is 3.96. The molecule has 1 aromatic heterocycles. The van der Waals surface area contributed by atoms with Crippen molar-refractivity contribution in [1.82, 2.24) is 10.2 Å². The summed E-state index contributed by atoms with van der Waals surface area (Å²) < 4.78 is 5.95. The van der Waals surface area contributed by atoms with Crippen molar-refractivity contribution in [3.8, 4) is 5.75 Å². The second kappa shape index (κ2) is 5.66. The highest BCUT2D eigenvalue weighted by Gasteiger charge is 2.07. The Balaban J connectivity index is 2.23. The zero-order chi connectivity index (χ0) is 13.8. The standard InChI is InChI=1S/C12H10BrN3O3/c1-19-7-2-3-8(13)10(6-7)14-11-5-4-9(12(17)18)15-16-11/h2-6H,1H3,(H,14,16)(H,17,18). The van der Waals surface area contributed by atoms with Gasteiger partial charge in [0.2, 0.25) is 0 Å². The number of carboxylic acid groups (broad SMARTS) is 1. The molecule has 19 heavy (non-hydrogen) atoms. The zero-order valence-electron chi connectivity index (χ0n) is 9.92. The van der Waals surface area contributed by atoms with Crippen LogP contribution in [0.25, 0.3) is 0 Å². The highest BCUT2D eigenvalue weighted by atomic mass is 79.9. The third-order valence-electron chi connectivity index (χ3n) is 2.32. The van der Waals surface area contributed by atoms with Gasteiger partial charge in [0.1, 0.15) is 5.75 Å². The van der Waals surface area contributed by atoms with Crippen molar-refractivity contribution in [2.24, 2.45) is 0 Å². The summed E-state index contributed by atoms with van der Waals surface area (Å²) in [5, 5.41) is 19.1. The van der Waals surface area contributed by atoms with E-state index in [-0.39, 0.29) is 5.69 Å². The molecule has 6 nitrogen and oxygen atoms in total. The lowest BCUT2D eigenvalue weighted by Gasteiger charge is -2.09. The third kappa shape index (κ3) is 3.19. The molecule has 0 aliphatic heterocycles. The molecular weight excluding hydrogens is 314 g/mol. The molecular formula is C12H10BrN3O3. The van der Waals surface area contributed by atoms with Crippen LogP contribution in [-0.2, 0) is 0 Å². The summed E-state index contributed by atoms with van der Waals surface area (Å²) >= 11 is 3.39. The van der Waals surface area contributed by atoms with Crippen LogP contribution in [-0.4, -0.2) is 28.4 Å². The summed E-state index contributed by atoms with van der Waals surface area (Å²) in [6.07, 6.45) is 0. The molecule has 98 valence electrons. The van der Waals surface area contributed by atoms with E-state index >= 15 is 0 Å². The molecule has 7 heteroatoms. The molecule has 0 unspecified atom stereocenters. The van der Waals surface area contributed by atoms with E-state index < -0.39 is 5.97 Å². The maximum atomic E-state index is 10.7. The Bertz CT molecular complexity index is 602. The number of nitrogens with one attached hydrogen (secondary N) is 1. The Morgan fingerprint density at radius 3 is 2.68 bits per heavy atom. The molecule has 1 heterocycles. The van der Waals surface area contributed by atoms with Gasteiger partial charge in [0.25, 0.3) is 0 Å². The predicted molar refractivity (Wildman–Crippen MR) is 73.0 cm³/mol. The number of aromatic carboxylic acids is 1. The van der Waals surface area contributed by atoms with Gasteiger partial charge in [0.15, 0.2) is 11.5 Å². The van der Waals surface area contributed by atoms with Crippen LogP contribution in [0.3, 0.4) is 0 Å². The van der Waals surface area contributed by atoms with Gasteiger partial charge in [-0.3, -0.25) is 0 Å². The number of carboxylic acids is 1. The van der Waals surface area contributed by atoms with E-state index in [0.29, 0.717) is 11.6 Å².